The molecule has 11 heteroatoms. The molecule has 132 valence electrons. The van der Waals surface area contributed by atoms with Crippen molar-refractivity contribution in [1.82, 2.24) is 20.1 Å². The quantitative estimate of drug-likeness (QED) is 0.701. The third kappa shape index (κ3) is 4.26. The maximum atomic E-state index is 12.4. The predicted octanol–water partition coefficient (Wildman–Crippen LogP) is 1.87. The Bertz CT molecular complexity index is 791. The second-order valence-electron chi connectivity index (χ2n) is 5.19. The summed E-state index contributed by atoms with van der Waals surface area (Å²) in [6.07, 6.45) is 1.95. The van der Waals surface area contributed by atoms with Gasteiger partial charge in [0.05, 0.1) is 5.75 Å². The first-order chi connectivity index (χ1) is 12.1. The molecule has 1 amide bonds. The Morgan fingerprint density at radius 2 is 2.04 bits per heavy atom. The van der Waals surface area contributed by atoms with Crippen molar-refractivity contribution in [2.45, 2.75) is 15.6 Å². The number of nitrogens with zero attached hydrogens (tertiary/aromatic N) is 6. The van der Waals surface area contributed by atoms with E-state index in [0.717, 1.165) is 8.68 Å². The number of oxazole rings is 1. The van der Waals surface area contributed by atoms with Crippen LogP contribution in [-0.4, -0.2) is 64.2 Å². The Morgan fingerprint density at radius 1 is 1.32 bits per heavy atom. The summed E-state index contributed by atoms with van der Waals surface area (Å²) in [5.41, 5.74) is 0.300. The zero-order valence-corrected chi connectivity index (χ0v) is 16.2. The van der Waals surface area contributed by atoms with E-state index in [1.807, 2.05) is 22.1 Å². The highest BCUT2D eigenvalue weighted by molar-refractivity contribution is 8.03. The topological polar surface area (TPSA) is 99.2 Å². The Morgan fingerprint density at radius 3 is 2.68 bits per heavy atom. The van der Waals surface area contributed by atoms with Crippen molar-refractivity contribution in [1.29, 1.82) is 5.26 Å². The van der Waals surface area contributed by atoms with E-state index in [1.165, 1.54) is 23.1 Å². The highest BCUT2D eigenvalue weighted by Gasteiger charge is 2.25. The van der Waals surface area contributed by atoms with Gasteiger partial charge in [-0.15, -0.1) is 10.2 Å². The van der Waals surface area contributed by atoms with Gasteiger partial charge < -0.3 is 14.2 Å². The molecule has 2 aromatic heterocycles. The molecule has 0 aliphatic carbocycles. The van der Waals surface area contributed by atoms with Gasteiger partial charge in [0.25, 0.3) is 0 Å². The number of anilines is 1. The fourth-order valence-corrected chi connectivity index (χ4v) is 4.76. The molecule has 0 aromatic carbocycles. The standard InChI is InChI=1S/C14H16N6O2S3/c1-9-16-10(7-15)12(22-9)20-5-3-19(4-6-20)11(21)8-24-14-18-17-13(23-2)25-14/h3-6,8H2,1-2H3. The summed E-state index contributed by atoms with van der Waals surface area (Å²) in [5.74, 6) is 1.41. The molecule has 2 aromatic rings. The van der Waals surface area contributed by atoms with Gasteiger partial charge in [-0.2, -0.15) is 5.26 Å². The minimum atomic E-state index is 0.0832. The van der Waals surface area contributed by atoms with Crippen LogP contribution in [0.4, 0.5) is 5.88 Å². The molecule has 0 atom stereocenters. The van der Waals surface area contributed by atoms with E-state index in [9.17, 15) is 4.79 Å². The van der Waals surface area contributed by atoms with E-state index in [2.05, 4.69) is 15.2 Å². The lowest BCUT2D eigenvalue weighted by atomic mass is 10.3. The van der Waals surface area contributed by atoms with Gasteiger partial charge in [0.2, 0.25) is 17.5 Å². The summed E-state index contributed by atoms with van der Waals surface area (Å²) in [6, 6.07) is 2.05. The smallest absolute Gasteiger partial charge is 0.234 e. The maximum absolute atomic E-state index is 12.4. The summed E-state index contributed by atoms with van der Waals surface area (Å²) in [6.45, 7) is 4.15. The van der Waals surface area contributed by atoms with Crippen LogP contribution in [0.3, 0.4) is 0 Å². The van der Waals surface area contributed by atoms with Crippen LogP contribution in [-0.2, 0) is 4.79 Å². The Kier molecular flexibility index (Phi) is 5.82. The molecule has 8 nitrogen and oxygen atoms in total. The minimum Gasteiger partial charge on any atom is -0.424 e. The highest BCUT2D eigenvalue weighted by atomic mass is 32.2. The van der Waals surface area contributed by atoms with Gasteiger partial charge in [-0.25, -0.2) is 4.98 Å². The molecule has 1 fully saturated rings. The minimum absolute atomic E-state index is 0.0832. The molecule has 1 aliphatic heterocycles. The summed E-state index contributed by atoms with van der Waals surface area (Å²) in [7, 11) is 0. The van der Waals surface area contributed by atoms with Crippen molar-refractivity contribution < 1.29 is 9.21 Å². The van der Waals surface area contributed by atoms with Gasteiger partial charge in [0, 0.05) is 33.1 Å². The summed E-state index contributed by atoms with van der Waals surface area (Å²) in [5, 5.41) is 17.2. The fraction of sp³-hybridized carbons (Fsp3) is 0.500. The number of piperazine rings is 1. The number of nitriles is 1. The van der Waals surface area contributed by atoms with Gasteiger partial charge in [0.15, 0.2) is 14.6 Å². The van der Waals surface area contributed by atoms with Crippen molar-refractivity contribution in [3.63, 3.8) is 0 Å². The van der Waals surface area contributed by atoms with Crippen LogP contribution in [0.15, 0.2) is 13.1 Å². The summed E-state index contributed by atoms with van der Waals surface area (Å²) >= 11 is 4.47. The second-order valence-corrected chi connectivity index (χ2v) is 8.45. The van der Waals surface area contributed by atoms with Crippen LogP contribution in [0, 0.1) is 18.3 Å². The molecule has 1 saturated heterocycles. The Balaban J connectivity index is 1.51. The molecule has 3 rings (SSSR count). The zero-order chi connectivity index (χ0) is 17.8. The number of thioether (sulfide) groups is 2. The van der Waals surface area contributed by atoms with E-state index in [0.29, 0.717) is 49.4 Å². The third-order valence-corrected chi connectivity index (χ3v) is 6.64. The summed E-state index contributed by atoms with van der Waals surface area (Å²) < 4.78 is 7.24. The number of hydrogen-bond acceptors (Lipinski definition) is 10. The number of amides is 1. The maximum Gasteiger partial charge on any atom is 0.234 e. The number of aryl methyl sites for hydroxylation is 1. The molecule has 0 spiro atoms. The molecule has 1 aliphatic rings. The lowest BCUT2D eigenvalue weighted by Gasteiger charge is -2.34. The van der Waals surface area contributed by atoms with Gasteiger partial charge in [-0.3, -0.25) is 4.79 Å². The van der Waals surface area contributed by atoms with Crippen LogP contribution in [0.2, 0.25) is 0 Å². The van der Waals surface area contributed by atoms with Crippen LogP contribution in [0.25, 0.3) is 0 Å². The average molecular weight is 397 g/mol. The number of hydrogen-bond donors (Lipinski definition) is 0. The lowest BCUT2D eigenvalue weighted by Crippen LogP contribution is -2.49. The average Bonchev–Trinajstić information content (AvgIpc) is 3.25. The SMILES string of the molecule is CSc1nnc(SCC(=O)N2CCN(c3oc(C)nc3C#N)CC2)s1. The molecule has 0 bridgehead atoms. The number of rotatable bonds is 5. The molecular weight excluding hydrogens is 380 g/mol. The molecular formula is C14H16N6O2S3. The van der Waals surface area contributed by atoms with Crippen molar-refractivity contribution >= 4 is 46.7 Å². The first-order valence-electron chi connectivity index (χ1n) is 7.51. The largest absolute Gasteiger partial charge is 0.424 e. The van der Waals surface area contributed by atoms with Gasteiger partial charge >= 0.3 is 0 Å². The van der Waals surface area contributed by atoms with Gasteiger partial charge in [-0.05, 0) is 6.26 Å². The lowest BCUT2D eigenvalue weighted by molar-refractivity contribution is -0.128. The van der Waals surface area contributed by atoms with Gasteiger partial charge in [0.1, 0.15) is 6.07 Å². The van der Waals surface area contributed by atoms with E-state index in [-0.39, 0.29) is 5.91 Å². The molecule has 3 heterocycles. The van der Waals surface area contributed by atoms with E-state index in [1.54, 1.807) is 18.7 Å². The fourth-order valence-electron chi connectivity index (χ4n) is 2.42. The Labute approximate surface area is 157 Å². The third-order valence-electron chi connectivity index (χ3n) is 3.62. The highest BCUT2D eigenvalue weighted by Crippen LogP contribution is 2.28. The molecule has 0 saturated carbocycles. The molecule has 0 N–H and O–H groups in total. The first kappa shape index (κ1) is 18.0. The van der Waals surface area contributed by atoms with Crippen molar-refractivity contribution in [3.05, 3.63) is 11.6 Å². The Hall–Kier alpha value is -1.77. The molecule has 0 radical (unpaired) electrons. The predicted molar refractivity (Wildman–Crippen MR) is 97.2 cm³/mol. The first-order valence-corrected chi connectivity index (χ1v) is 10.5. The molecule has 25 heavy (non-hydrogen) atoms. The van der Waals surface area contributed by atoms with Crippen molar-refractivity contribution in [2.75, 3.05) is 43.1 Å². The van der Waals surface area contributed by atoms with E-state index >= 15 is 0 Å². The van der Waals surface area contributed by atoms with Crippen LogP contribution >= 0.6 is 34.9 Å². The van der Waals surface area contributed by atoms with Crippen LogP contribution in [0.1, 0.15) is 11.6 Å². The normalized spacial score (nSPS) is 14.6. The monoisotopic (exact) mass is 396 g/mol. The second kappa shape index (κ2) is 8.07. The van der Waals surface area contributed by atoms with Gasteiger partial charge in [-0.1, -0.05) is 34.9 Å². The molecule has 0 unspecified atom stereocenters. The number of aromatic nitrogens is 3. The zero-order valence-electron chi connectivity index (χ0n) is 13.8. The van der Waals surface area contributed by atoms with Crippen molar-refractivity contribution in [2.24, 2.45) is 0 Å². The van der Waals surface area contributed by atoms with Crippen LogP contribution < -0.4 is 4.90 Å². The number of carbonyl (C=O) groups excluding carboxylic acids is 1. The van der Waals surface area contributed by atoms with Crippen molar-refractivity contribution in [3.8, 4) is 6.07 Å². The van der Waals surface area contributed by atoms with E-state index < -0.39 is 0 Å². The summed E-state index contributed by atoms with van der Waals surface area (Å²) in [4.78, 5) is 20.2. The van der Waals surface area contributed by atoms with Crippen LogP contribution in [0.5, 0.6) is 0 Å². The number of carbonyl (C=O) groups is 1. The van der Waals surface area contributed by atoms with E-state index in [4.69, 9.17) is 9.68 Å².